The molecule has 1 aromatic heterocycles. The fourth-order valence-electron chi connectivity index (χ4n) is 1.72. The first-order valence-corrected chi connectivity index (χ1v) is 7.78. The van der Waals surface area contributed by atoms with Crippen LogP contribution in [0.3, 0.4) is 0 Å². The summed E-state index contributed by atoms with van der Waals surface area (Å²) in [7, 11) is 0. The highest BCUT2D eigenvalue weighted by atomic mass is 32.2. The van der Waals surface area contributed by atoms with E-state index in [0.717, 1.165) is 23.9 Å². The van der Waals surface area contributed by atoms with E-state index in [1.807, 2.05) is 36.0 Å². The summed E-state index contributed by atoms with van der Waals surface area (Å²) < 4.78 is 5.22. The van der Waals surface area contributed by atoms with E-state index in [2.05, 4.69) is 34.2 Å². The Bertz CT molecular complexity index is 513. The minimum Gasteiger partial charge on any atom is -0.338 e. The molecule has 4 nitrogen and oxygen atoms in total. The summed E-state index contributed by atoms with van der Waals surface area (Å²) in [6.45, 7) is 5.24. The van der Waals surface area contributed by atoms with Crippen LogP contribution in [0.2, 0.25) is 0 Å². The van der Waals surface area contributed by atoms with Gasteiger partial charge in [-0.1, -0.05) is 41.6 Å². The Balaban J connectivity index is 1.71. The molecule has 2 rings (SSSR count). The van der Waals surface area contributed by atoms with Gasteiger partial charge in [0.25, 0.3) is 0 Å². The third-order valence-electron chi connectivity index (χ3n) is 2.65. The summed E-state index contributed by atoms with van der Waals surface area (Å²) in [6.07, 6.45) is 2.62. The molecule has 1 heterocycles. The van der Waals surface area contributed by atoms with Crippen molar-refractivity contribution in [3.63, 3.8) is 0 Å². The SMILES string of the molecule is C=CCSCCNCc1nc(Cc2ccccc2)no1. The maximum Gasteiger partial charge on any atom is 0.240 e. The molecule has 0 saturated heterocycles. The number of hydrogen-bond donors (Lipinski definition) is 1. The van der Waals surface area contributed by atoms with Gasteiger partial charge in [-0.3, -0.25) is 0 Å². The van der Waals surface area contributed by atoms with Crippen molar-refractivity contribution in [2.75, 3.05) is 18.1 Å². The molecular weight excluding hydrogens is 270 g/mol. The zero-order valence-electron chi connectivity index (χ0n) is 11.4. The van der Waals surface area contributed by atoms with Crippen LogP contribution in [-0.4, -0.2) is 28.2 Å². The van der Waals surface area contributed by atoms with Crippen LogP contribution >= 0.6 is 11.8 Å². The van der Waals surface area contributed by atoms with Crippen LogP contribution in [0.25, 0.3) is 0 Å². The summed E-state index contributed by atoms with van der Waals surface area (Å²) in [5.74, 6) is 3.42. The molecule has 0 spiro atoms. The summed E-state index contributed by atoms with van der Waals surface area (Å²) in [4.78, 5) is 4.38. The second-order valence-electron chi connectivity index (χ2n) is 4.31. The molecule has 106 valence electrons. The van der Waals surface area contributed by atoms with E-state index in [4.69, 9.17) is 4.52 Å². The molecular formula is C15H19N3OS. The molecule has 5 heteroatoms. The number of rotatable bonds is 9. The third-order valence-corrected chi connectivity index (χ3v) is 3.61. The number of nitrogens with one attached hydrogen (secondary N) is 1. The van der Waals surface area contributed by atoms with Crippen molar-refractivity contribution < 1.29 is 4.52 Å². The Kier molecular flexibility index (Phi) is 6.34. The van der Waals surface area contributed by atoms with Gasteiger partial charge in [0.15, 0.2) is 5.82 Å². The van der Waals surface area contributed by atoms with Gasteiger partial charge in [0.1, 0.15) is 0 Å². The van der Waals surface area contributed by atoms with Crippen LogP contribution in [0.4, 0.5) is 0 Å². The van der Waals surface area contributed by atoms with Gasteiger partial charge < -0.3 is 9.84 Å². The number of hydrogen-bond acceptors (Lipinski definition) is 5. The normalized spacial score (nSPS) is 10.6. The van der Waals surface area contributed by atoms with Gasteiger partial charge in [-0.25, -0.2) is 0 Å². The van der Waals surface area contributed by atoms with Gasteiger partial charge in [-0.05, 0) is 5.56 Å². The van der Waals surface area contributed by atoms with Gasteiger partial charge in [-0.15, -0.1) is 6.58 Å². The number of aromatic nitrogens is 2. The zero-order chi connectivity index (χ0) is 14.0. The topological polar surface area (TPSA) is 51.0 Å². The molecule has 0 bridgehead atoms. The predicted octanol–water partition coefficient (Wildman–Crippen LogP) is 2.67. The maximum atomic E-state index is 5.22. The van der Waals surface area contributed by atoms with Crippen LogP contribution in [0.5, 0.6) is 0 Å². The highest BCUT2D eigenvalue weighted by molar-refractivity contribution is 7.99. The first-order chi connectivity index (χ1) is 9.88. The predicted molar refractivity (Wildman–Crippen MR) is 82.8 cm³/mol. The van der Waals surface area contributed by atoms with Crippen molar-refractivity contribution in [3.05, 3.63) is 60.3 Å². The van der Waals surface area contributed by atoms with E-state index >= 15 is 0 Å². The molecule has 1 aromatic carbocycles. The number of thioether (sulfide) groups is 1. The molecule has 0 atom stereocenters. The van der Waals surface area contributed by atoms with Gasteiger partial charge in [0, 0.05) is 24.5 Å². The monoisotopic (exact) mass is 289 g/mol. The van der Waals surface area contributed by atoms with E-state index in [1.165, 1.54) is 5.56 Å². The third kappa shape index (κ3) is 5.19. The molecule has 1 N–H and O–H groups in total. The van der Waals surface area contributed by atoms with Gasteiger partial charge >= 0.3 is 0 Å². The van der Waals surface area contributed by atoms with Crippen LogP contribution in [0.1, 0.15) is 17.3 Å². The number of benzene rings is 1. The molecule has 2 aromatic rings. The molecule has 0 unspecified atom stereocenters. The fourth-order valence-corrected chi connectivity index (χ4v) is 2.34. The zero-order valence-corrected chi connectivity index (χ0v) is 12.2. The Labute approximate surface area is 123 Å². The lowest BCUT2D eigenvalue weighted by atomic mass is 10.1. The highest BCUT2D eigenvalue weighted by Crippen LogP contribution is 2.06. The van der Waals surface area contributed by atoms with Crippen molar-refractivity contribution >= 4 is 11.8 Å². The Morgan fingerprint density at radius 2 is 2.15 bits per heavy atom. The van der Waals surface area contributed by atoms with E-state index in [9.17, 15) is 0 Å². The fraction of sp³-hybridized carbons (Fsp3) is 0.333. The van der Waals surface area contributed by atoms with Gasteiger partial charge in [0.05, 0.1) is 6.54 Å². The summed E-state index contributed by atoms with van der Waals surface area (Å²) in [5.41, 5.74) is 1.19. The molecule has 20 heavy (non-hydrogen) atoms. The smallest absolute Gasteiger partial charge is 0.240 e. The first-order valence-electron chi connectivity index (χ1n) is 6.63. The molecule has 0 radical (unpaired) electrons. The van der Waals surface area contributed by atoms with E-state index < -0.39 is 0 Å². The second-order valence-corrected chi connectivity index (χ2v) is 5.46. The lowest BCUT2D eigenvalue weighted by Gasteiger charge is -1.99. The average molecular weight is 289 g/mol. The molecule has 0 fully saturated rings. The molecule has 0 aliphatic carbocycles. The Hall–Kier alpha value is -1.59. The first kappa shape index (κ1) is 14.8. The van der Waals surface area contributed by atoms with Crippen LogP contribution in [-0.2, 0) is 13.0 Å². The summed E-state index contributed by atoms with van der Waals surface area (Å²) >= 11 is 1.85. The summed E-state index contributed by atoms with van der Waals surface area (Å²) in [5, 5.41) is 7.28. The highest BCUT2D eigenvalue weighted by Gasteiger charge is 2.06. The lowest BCUT2D eigenvalue weighted by molar-refractivity contribution is 0.365. The van der Waals surface area contributed by atoms with Gasteiger partial charge in [0.2, 0.25) is 5.89 Å². The Morgan fingerprint density at radius 3 is 2.95 bits per heavy atom. The van der Waals surface area contributed by atoms with Gasteiger partial charge in [-0.2, -0.15) is 16.7 Å². The standard InChI is InChI=1S/C15H19N3OS/c1-2-9-20-10-8-16-12-15-17-14(18-19-15)11-13-6-4-3-5-7-13/h2-7,16H,1,8-12H2. The minimum absolute atomic E-state index is 0.621. The quantitative estimate of drug-likeness (QED) is 0.568. The number of nitrogens with zero attached hydrogens (tertiary/aromatic N) is 2. The van der Waals surface area contributed by atoms with Crippen molar-refractivity contribution in [2.45, 2.75) is 13.0 Å². The van der Waals surface area contributed by atoms with Crippen LogP contribution in [0, 0.1) is 0 Å². The van der Waals surface area contributed by atoms with Crippen molar-refractivity contribution in [1.29, 1.82) is 0 Å². The van der Waals surface area contributed by atoms with Crippen LogP contribution < -0.4 is 5.32 Å². The molecule has 0 aliphatic heterocycles. The average Bonchev–Trinajstić information content (AvgIpc) is 2.91. The van der Waals surface area contributed by atoms with Crippen molar-refractivity contribution in [3.8, 4) is 0 Å². The van der Waals surface area contributed by atoms with Crippen LogP contribution in [0.15, 0.2) is 47.5 Å². The molecule has 0 saturated carbocycles. The molecule has 0 aliphatic rings. The van der Waals surface area contributed by atoms with E-state index in [0.29, 0.717) is 18.9 Å². The Morgan fingerprint density at radius 1 is 1.30 bits per heavy atom. The second kappa shape index (κ2) is 8.55. The minimum atomic E-state index is 0.621. The van der Waals surface area contributed by atoms with Crippen molar-refractivity contribution in [1.82, 2.24) is 15.5 Å². The van der Waals surface area contributed by atoms with E-state index in [1.54, 1.807) is 0 Å². The van der Waals surface area contributed by atoms with E-state index in [-0.39, 0.29) is 0 Å². The summed E-state index contributed by atoms with van der Waals surface area (Å²) in [6, 6.07) is 10.1. The molecule has 0 amide bonds. The lowest BCUT2D eigenvalue weighted by Crippen LogP contribution is -2.16. The largest absolute Gasteiger partial charge is 0.338 e. The maximum absolute atomic E-state index is 5.22. The van der Waals surface area contributed by atoms with Crippen molar-refractivity contribution in [2.24, 2.45) is 0 Å².